The molecule has 9 heteroatoms. The average Bonchev–Trinajstić information content (AvgIpc) is 2.74. The number of nitrogens with zero attached hydrogens (tertiary/aromatic N) is 2. The van der Waals surface area contributed by atoms with Crippen LogP contribution in [-0.2, 0) is 16.8 Å². The maximum atomic E-state index is 12.3. The average molecular weight is 417 g/mol. The van der Waals surface area contributed by atoms with E-state index in [2.05, 4.69) is 4.72 Å². The molecule has 0 spiro atoms. The van der Waals surface area contributed by atoms with Crippen LogP contribution in [0.1, 0.15) is 5.56 Å². The summed E-state index contributed by atoms with van der Waals surface area (Å²) in [6, 6.07) is 12.1. The van der Waals surface area contributed by atoms with E-state index in [1.54, 1.807) is 37.6 Å². The second-order valence-electron chi connectivity index (χ2n) is 6.38. The molecule has 1 aromatic heterocycles. The number of hydrogen-bond donors (Lipinski definition) is 1. The Morgan fingerprint density at radius 1 is 1.03 bits per heavy atom. The minimum Gasteiger partial charge on any atom is -0.493 e. The Hall–Kier alpha value is -3.04. The standard InChI is InChI=1S/C20H23N3O5S/c1-21-29(25,26)22(2)15-7-5-14(6-8-15)13-23-10-9-18(24)16-11-19(27-3)20(28-4)12-17(16)23/h5-12,21H,13H2,1-4H3. The van der Waals surface area contributed by atoms with Crippen LogP contribution in [0.4, 0.5) is 5.69 Å². The second-order valence-corrected chi connectivity index (χ2v) is 8.28. The van der Waals surface area contributed by atoms with Crippen LogP contribution in [0.25, 0.3) is 10.9 Å². The molecular formula is C20H23N3O5S. The first-order chi connectivity index (χ1) is 13.8. The molecule has 8 nitrogen and oxygen atoms in total. The molecule has 0 saturated heterocycles. The van der Waals surface area contributed by atoms with E-state index in [-0.39, 0.29) is 5.43 Å². The van der Waals surface area contributed by atoms with Crippen LogP contribution < -0.4 is 23.9 Å². The van der Waals surface area contributed by atoms with E-state index < -0.39 is 10.2 Å². The smallest absolute Gasteiger partial charge is 0.301 e. The van der Waals surface area contributed by atoms with Crippen LogP contribution in [-0.4, -0.2) is 41.3 Å². The highest BCUT2D eigenvalue weighted by atomic mass is 32.2. The molecule has 0 bridgehead atoms. The Morgan fingerprint density at radius 2 is 1.66 bits per heavy atom. The minimum atomic E-state index is -3.55. The van der Waals surface area contributed by atoms with Crippen molar-refractivity contribution in [1.82, 2.24) is 9.29 Å². The van der Waals surface area contributed by atoms with Gasteiger partial charge in [-0.2, -0.15) is 8.42 Å². The van der Waals surface area contributed by atoms with Crippen LogP contribution in [0.3, 0.4) is 0 Å². The predicted octanol–water partition coefficient (Wildman–Crippen LogP) is 1.97. The zero-order valence-corrected chi connectivity index (χ0v) is 17.5. The van der Waals surface area contributed by atoms with Gasteiger partial charge in [0, 0.05) is 44.4 Å². The summed E-state index contributed by atoms with van der Waals surface area (Å²) in [6.45, 7) is 0.495. The SMILES string of the molecule is CNS(=O)(=O)N(C)c1ccc(Cn2ccc(=O)c3cc(OC)c(OC)cc32)cc1. The quantitative estimate of drug-likeness (QED) is 0.635. The molecule has 0 aliphatic heterocycles. The first kappa shape index (κ1) is 20.7. The summed E-state index contributed by atoms with van der Waals surface area (Å²) >= 11 is 0. The van der Waals surface area contributed by atoms with Gasteiger partial charge in [-0.1, -0.05) is 12.1 Å². The molecule has 0 aliphatic rings. The third-order valence-electron chi connectivity index (χ3n) is 4.75. The summed E-state index contributed by atoms with van der Waals surface area (Å²) in [5, 5.41) is 0.529. The first-order valence-electron chi connectivity index (χ1n) is 8.82. The fourth-order valence-electron chi connectivity index (χ4n) is 3.05. The molecule has 3 rings (SSSR count). The Balaban J connectivity index is 1.98. The molecule has 0 amide bonds. The number of hydrogen-bond acceptors (Lipinski definition) is 5. The lowest BCUT2D eigenvalue weighted by Gasteiger charge is -2.19. The second kappa shape index (κ2) is 8.14. The number of aromatic nitrogens is 1. The largest absolute Gasteiger partial charge is 0.493 e. The van der Waals surface area contributed by atoms with E-state index in [9.17, 15) is 13.2 Å². The highest BCUT2D eigenvalue weighted by Crippen LogP contribution is 2.31. The Labute approximate surface area is 169 Å². The van der Waals surface area contributed by atoms with Crippen molar-refractivity contribution in [3.8, 4) is 11.5 Å². The topological polar surface area (TPSA) is 89.9 Å². The van der Waals surface area contributed by atoms with Crippen molar-refractivity contribution in [3.05, 3.63) is 64.4 Å². The number of nitrogens with one attached hydrogen (secondary N) is 1. The third-order valence-corrected chi connectivity index (χ3v) is 6.20. The van der Waals surface area contributed by atoms with Gasteiger partial charge in [0.25, 0.3) is 0 Å². The summed E-state index contributed by atoms with van der Waals surface area (Å²) < 4.78 is 39.9. The van der Waals surface area contributed by atoms with Gasteiger partial charge in [-0.25, -0.2) is 4.72 Å². The van der Waals surface area contributed by atoms with Gasteiger partial charge in [-0.3, -0.25) is 9.10 Å². The zero-order chi connectivity index (χ0) is 21.2. The highest BCUT2D eigenvalue weighted by Gasteiger charge is 2.15. The van der Waals surface area contributed by atoms with Crippen LogP contribution in [0.2, 0.25) is 0 Å². The van der Waals surface area contributed by atoms with Crippen molar-refractivity contribution in [2.24, 2.45) is 0 Å². The lowest BCUT2D eigenvalue weighted by Crippen LogP contribution is -2.35. The van der Waals surface area contributed by atoms with Gasteiger partial charge in [0.15, 0.2) is 16.9 Å². The Kier molecular flexibility index (Phi) is 5.81. The van der Waals surface area contributed by atoms with E-state index >= 15 is 0 Å². The van der Waals surface area contributed by atoms with Crippen LogP contribution in [0.5, 0.6) is 11.5 Å². The Morgan fingerprint density at radius 3 is 2.24 bits per heavy atom. The highest BCUT2D eigenvalue weighted by molar-refractivity contribution is 7.90. The molecule has 0 radical (unpaired) electrons. The fraction of sp³-hybridized carbons (Fsp3) is 0.250. The molecule has 0 fully saturated rings. The predicted molar refractivity (Wildman–Crippen MR) is 113 cm³/mol. The van der Waals surface area contributed by atoms with Crippen molar-refractivity contribution in [2.45, 2.75) is 6.54 Å². The molecule has 29 heavy (non-hydrogen) atoms. The van der Waals surface area contributed by atoms with Crippen molar-refractivity contribution >= 4 is 26.8 Å². The molecular weight excluding hydrogens is 394 g/mol. The molecule has 0 saturated carbocycles. The molecule has 3 aromatic rings. The minimum absolute atomic E-state index is 0.105. The molecule has 2 aromatic carbocycles. The van der Waals surface area contributed by atoms with E-state index in [1.165, 1.54) is 31.6 Å². The maximum Gasteiger partial charge on any atom is 0.301 e. The summed E-state index contributed by atoms with van der Waals surface area (Å²) in [7, 11) is 2.37. The number of ether oxygens (including phenoxy) is 2. The number of methoxy groups -OCH3 is 2. The summed E-state index contributed by atoms with van der Waals surface area (Å²) in [6.07, 6.45) is 1.72. The summed E-state index contributed by atoms with van der Waals surface area (Å²) in [5.74, 6) is 1.03. The summed E-state index contributed by atoms with van der Waals surface area (Å²) in [5.41, 5.74) is 2.10. The number of rotatable bonds is 7. The molecule has 0 unspecified atom stereocenters. The van der Waals surface area contributed by atoms with Gasteiger partial charge in [0.2, 0.25) is 0 Å². The number of pyridine rings is 1. The van der Waals surface area contributed by atoms with Crippen molar-refractivity contribution in [1.29, 1.82) is 0 Å². The molecule has 0 aliphatic carbocycles. The van der Waals surface area contributed by atoms with E-state index in [0.29, 0.717) is 34.6 Å². The monoisotopic (exact) mass is 417 g/mol. The Bertz CT molecular complexity index is 1190. The first-order valence-corrected chi connectivity index (χ1v) is 10.3. The van der Waals surface area contributed by atoms with Gasteiger partial charge >= 0.3 is 10.2 Å². The van der Waals surface area contributed by atoms with Gasteiger partial charge in [0.1, 0.15) is 0 Å². The van der Waals surface area contributed by atoms with Gasteiger partial charge in [-0.05, 0) is 23.8 Å². The number of benzene rings is 2. The normalized spacial score (nSPS) is 11.4. The lowest BCUT2D eigenvalue weighted by atomic mass is 10.1. The molecule has 0 atom stereocenters. The van der Waals surface area contributed by atoms with Gasteiger partial charge in [0.05, 0.1) is 25.4 Å². The lowest BCUT2D eigenvalue weighted by molar-refractivity contribution is 0.355. The maximum absolute atomic E-state index is 12.3. The number of anilines is 1. The van der Waals surface area contributed by atoms with Gasteiger partial charge < -0.3 is 14.0 Å². The van der Waals surface area contributed by atoms with Crippen LogP contribution >= 0.6 is 0 Å². The van der Waals surface area contributed by atoms with Crippen LogP contribution in [0, 0.1) is 0 Å². The summed E-state index contributed by atoms with van der Waals surface area (Å²) in [4.78, 5) is 12.3. The molecule has 1 N–H and O–H groups in total. The van der Waals surface area contributed by atoms with Gasteiger partial charge in [-0.15, -0.1) is 0 Å². The van der Waals surface area contributed by atoms with E-state index in [4.69, 9.17) is 9.47 Å². The van der Waals surface area contributed by atoms with E-state index in [0.717, 1.165) is 5.56 Å². The van der Waals surface area contributed by atoms with Crippen molar-refractivity contribution in [2.75, 3.05) is 32.6 Å². The molecule has 1 heterocycles. The van der Waals surface area contributed by atoms with E-state index in [1.807, 2.05) is 16.7 Å². The number of fused-ring (bicyclic) bond motifs is 1. The molecule has 154 valence electrons. The van der Waals surface area contributed by atoms with Crippen LogP contribution in [0.15, 0.2) is 53.5 Å². The zero-order valence-electron chi connectivity index (χ0n) is 16.7. The van der Waals surface area contributed by atoms with Crippen molar-refractivity contribution in [3.63, 3.8) is 0 Å². The fourth-order valence-corrected chi connectivity index (χ4v) is 3.73. The third kappa shape index (κ3) is 4.06. The van der Waals surface area contributed by atoms with Crippen molar-refractivity contribution < 1.29 is 17.9 Å².